The van der Waals surface area contributed by atoms with Crippen LogP contribution in [0.15, 0.2) is 182 Å². The van der Waals surface area contributed by atoms with E-state index >= 15 is 0 Å². The summed E-state index contributed by atoms with van der Waals surface area (Å²) in [5, 5.41) is 22.5. The van der Waals surface area contributed by atoms with Crippen LogP contribution in [-0.4, -0.2) is 58.9 Å². The Hall–Kier alpha value is -4.44. The molecule has 7 aromatic rings. The predicted octanol–water partition coefficient (Wildman–Crippen LogP) is 3.90. The first-order valence-corrected chi connectivity index (χ1v) is 28.2. The summed E-state index contributed by atoms with van der Waals surface area (Å²) in [6.07, 6.45) is 0. The Morgan fingerprint density at radius 3 is 0.694 bits per heavy atom. The van der Waals surface area contributed by atoms with Crippen molar-refractivity contribution in [1.29, 1.82) is 0 Å². The number of hydrogen-bond acceptors (Lipinski definition) is 3. The Morgan fingerprint density at radius 1 is 0.347 bits per heavy atom. The number of rotatable bonds is 10. The molecule has 6 aromatic carbocycles. The summed E-state index contributed by atoms with van der Waals surface area (Å²) in [7, 11) is 0. The molecule has 49 heavy (non-hydrogen) atoms. The van der Waals surface area contributed by atoms with Gasteiger partial charge in [-0.25, -0.2) is 0 Å². The molecule has 0 aliphatic heterocycles. The third kappa shape index (κ3) is 5.63. The molecule has 7 rings (SSSR count). The van der Waals surface area contributed by atoms with E-state index in [0.29, 0.717) is 0 Å². The van der Waals surface area contributed by atoms with Crippen LogP contribution in [0.5, 0.6) is 0 Å². The normalized spacial score (nSPS) is 11.6. The van der Waals surface area contributed by atoms with Crippen molar-refractivity contribution < 1.29 is 19.8 Å². The molecule has 4 nitrogen and oxygen atoms in total. The molecule has 0 aliphatic rings. The number of thiophene rings is 1. The molecule has 0 bridgehead atoms. The summed E-state index contributed by atoms with van der Waals surface area (Å²) < 4.78 is 7.79. The number of carbonyl (C=O) groups is 2. The second-order valence-corrected chi connectivity index (χ2v) is 34.1. The van der Waals surface area contributed by atoms with Gasteiger partial charge in [-0.3, -0.25) is 0 Å². The first-order valence-electron chi connectivity index (χ1n) is 16.0. The summed E-state index contributed by atoms with van der Waals surface area (Å²) in [5.41, 5.74) is 0. The van der Waals surface area contributed by atoms with Crippen LogP contribution >= 0.6 is 11.3 Å². The Kier molecular flexibility index (Phi) is 9.58. The van der Waals surface area contributed by atoms with E-state index in [1.807, 2.05) is 109 Å². The number of carboxylic acids is 2. The van der Waals surface area contributed by atoms with E-state index in [0.717, 1.165) is 40.0 Å². The standard InChI is InChI=1S/C6H2O4S.6C6H5.2Sn/c7-5(8)3-1-2-4(11-3)6(9)10;6*1-2-4-6-5-3-1;;/h(H,7,8)(H,9,10);6*1-5H;;. The monoisotopic (exact) mass is 872 g/mol. The van der Waals surface area contributed by atoms with Crippen molar-refractivity contribution in [3.8, 4) is 0 Å². The molecule has 0 unspecified atom stereocenters. The van der Waals surface area contributed by atoms with Gasteiger partial charge in [0, 0.05) is 0 Å². The maximum absolute atomic E-state index is 13.8. The van der Waals surface area contributed by atoms with Gasteiger partial charge in [-0.05, 0) is 0 Å². The second kappa shape index (κ2) is 14.2. The topological polar surface area (TPSA) is 74.6 Å². The van der Waals surface area contributed by atoms with Crippen LogP contribution in [-0.2, 0) is 0 Å². The van der Waals surface area contributed by atoms with Crippen LogP contribution < -0.4 is 28.6 Å². The maximum atomic E-state index is 13.8. The molecule has 1 aromatic heterocycles. The summed E-state index contributed by atoms with van der Waals surface area (Å²) in [5.74, 6) is -2.21. The van der Waals surface area contributed by atoms with Gasteiger partial charge in [0.25, 0.3) is 0 Å². The Balaban J connectivity index is 1.83. The quantitative estimate of drug-likeness (QED) is 0.205. The van der Waals surface area contributed by atoms with Gasteiger partial charge in [-0.2, -0.15) is 0 Å². The third-order valence-electron chi connectivity index (χ3n) is 9.29. The second-order valence-electron chi connectivity index (χ2n) is 11.8. The minimum absolute atomic E-state index is 0.114. The van der Waals surface area contributed by atoms with Crippen LogP contribution in [0.2, 0.25) is 0 Å². The van der Waals surface area contributed by atoms with Gasteiger partial charge >= 0.3 is 300 Å². The molecule has 0 atom stereocenters. The van der Waals surface area contributed by atoms with E-state index in [9.17, 15) is 19.8 Å². The first-order chi connectivity index (χ1) is 24.0. The zero-order chi connectivity index (χ0) is 33.8. The van der Waals surface area contributed by atoms with Crippen molar-refractivity contribution in [2.45, 2.75) is 0 Å². The van der Waals surface area contributed by atoms with Crippen molar-refractivity contribution in [1.82, 2.24) is 0 Å². The Morgan fingerprint density at radius 2 is 0.531 bits per heavy atom. The molecular weight excluding hydrogens is 838 g/mol. The number of benzene rings is 6. The summed E-state index contributed by atoms with van der Waals surface area (Å²) in [4.78, 5) is 27.8. The van der Waals surface area contributed by atoms with Gasteiger partial charge in [0.05, 0.1) is 0 Å². The number of carboxylic acid groups (broad SMARTS) is 2. The zero-order valence-electron chi connectivity index (χ0n) is 26.4. The molecule has 0 fully saturated rings. The van der Waals surface area contributed by atoms with Crippen LogP contribution in [0.25, 0.3) is 0 Å². The fourth-order valence-corrected chi connectivity index (χ4v) is 46.8. The first kappa shape index (κ1) is 33.1. The molecule has 0 amide bonds. The fourth-order valence-electron chi connectivity index (χ4n) is 7.44. The van der Waals surface area contributed by atoms with Crippen molar-refractivity contribution >= 4 is 88.7 Å². The average molecular weight is 870 g/mol. The van der Waals surface area contributed by atoms with Gasteiger partial charge in [-0.1, -0.05) is 0 Å². The molecule has 0 spiro atoms. The molecule has 7 heteroatoms. The summed E-state index contributed by atoms with van der Waals surface area (Å²) in [6.45, 7) is 0. The van der Waals surface area contributed by atoms with Crippen LogP contribution in [0.1, 0.15) is 19.3 Å². The average Bonchev–Trinajstić information content (AvgIpc) is 3.57. The number of hydrogen-bond donors (Lipinski definition) is 2. The molecular formula is C42H32O4SSn2. The number of aromatic carboxylic acids is 2. The van der Waals surface area contributed by atoms with Gasteiger partial charge in [0.2, 0.25) is 0 Å². The molecule has 0 saturated carbocycles. The van der Waals surface area contributed by atoms with Gasteiger partial charge < -0.3 is 0 Å². The van der Waals surface area contributed by atoms with Crippen molar-refractivity contribution in [2.75, 3.05) is 0 Å². The third-order valence-corrected chi connectivity index (χ3v) is 41.2. The van der Waals surface area contributed by atoms with E-state index in [2.05, 4.69) is 72.8 Å². The molecule has 0 radical (unpaired) electrons. The predicted molar refractivity (Wildman–Crippen MR) is 205 cm³/mol. The van der Waals surface area contributed by atoms with E-state index in [-0.39, 0.29) is 9.75 Å². The molecule has 2 N–H and O–H groups in total. The molecule has 1 heterocycles. The fraction of sp³-hybridized carbons (Fsp3) is 0. The van der Waals surface area contributed by atoms with Gasteiger partial charge in [0.15, 0.2) is 0 Å². The molecule has 0 aliphatic carbocycles. The van der Waals surface area contributed by atoms with Crippen molar-refractivity contribution in [2.24, 2.45) is 0 Å². The SMILES string of the molecule is O=C(O)c1sc(C(=O)O)[c]([Sn]([c]2ccccc2)([c]2ccccc2)[c]2ccccc2)[c]1[Sn]([c]1ccccc1)([c]1ccccc1)[c]1ccccc1. The summed E-state index contributed by atoms with van der Waals surface area (Å²) in [6, 6.07) is 61.5. The van der Waals surface area contributed by atoms with E-state index in [1.165, 1.54) is 0 Å². The Labute approximate surface area is 297 Å². The van der Waals surface area contributed by atoms with E-state index in [4.69, 9.17) is 0 Å². The minimum atomic E-state index is -4.78. The van der Waals surface area contributed by atoms with Crippen molar-refractivity contribution in [3.63, 3.8) is 0 Å². The van der Waals surface area contributed by atoms with Crippen LogP contribution in [0, 0.1) is 0 Å². The van der Waals surface area contributed by atoms with Crippen LogP contribution in [0.4, 0.5) is 0 Å². The zero-order valence-corrected chi connectivity index (χ0v) is 33.0. The van der Waals surface area contributed by atoms with Crippen molar-refractivity contribution in [3.05, 3.63) is 192 Å². The molecule has 238 valence electrons. The molecule has 0 saturated heterocycles. The summed E-state index contributed by atoms with van der Waals surface area (Å²) >= 11 is -8.63. The van der Waals surface area contributed by atoms with E-state index < -0.39 is 48.7 Å². The van der Waals surface area contributed by atoms with Crippen LogP contribution in [0.3, 0.4) is 0 Å². The van der Waals surface area contributed by atoms with Gasteiger partial charge in [0.1, 0.15) is 0 Å². The van der Waals surface area contributed by atoms with E-state index in [1.54, 1.807) is 0 Å². The van der Waals surface area contributed by atoms with Gasteiger partial charge in [-0.15, -0.1) is 0 Å². The Bertz CT molecular complexity index is 1860.